The van der Waals surface area contributed by atoms with Crippen LogP contribution in [-0.2, 0) is 32.6 Å². The van der Waals surface area contributed by atoms with Gasteiger partial charge in [0.05, 0.1) is 17.7 Å². The first-order valence-corrected chi connectivity index (χ1v) is 17.0. The number of amides is 2. The smallest absolute Gasteiger partial charge is 0.264 e. The molecule has 242 valence electrons. The van der Waals surface area contributed by atoms with Crippen molar-refractivity contribution >= 4 is 50.7 Å². The molecule has 0 fully saturated rings. The molecule has 0 radical (unpaired) electrons. The second-order valence-electron chi connectivity index (χ2n) is 10.8. The van der Waals surface area contributed by atoms with Gasteiger partial charge in [0, 0.05) is 29.1 Å². The fourth-order valence-electron chi connectivity index (χ4n) is 4.84. The molecule has 0 spiro atoms. The van der Waals surface area contributed by atoms with Crippen molar-refractivity contribution in [2.45, 2.75) is 50.2 Å². The van der Waals surface area contributed by atoms with Crippen molar-refractivity contribution in [3.8, 4) is 5.75 Å². The second kappa shape index (κ2) is 16.0. The van der Waals surface area contributed by atoms with Crippen molar-refractivity contribution in [2.75, 3.05) is 18.0 Å². The summed E-state index contributed by atoms with van der Waals surface area (Å²) in [6, 6.07) is 27.4. The molecule has 2 amide bonds. The molecule has 8 nitrogen and oxygen atoms in total. The molecule has 0 aliphatic heterocycles. The van der Waals surface area contributed by atoms with E-state index >= 15 is 0 Å². The van der Waals surface area contributed by atoms with Crippen LogP contribution in [0.15, 0.2) is 108 Å². The number of methoxy groups -OCH3 is 1. The molecule has 0 bridgehead atoms. The fourth-order valence-corrected chi connectivity index (χ4v) is 6.59. The molecule has 0 saturated heterocycles. The Kier molecular flexibility index (Phi) is 12.1. The minimum atomic E-state index is -4.26. The van der Waals surface area contributed by atoms with Gasteiger partial charge in [-0.3, -0.25) is 13.9 Å². The SMILES string of the molecule is CC[C@H](C)NC(=O)[C@H](Cc1ccccc1)N(Cc1cccc(Cl)c1)C(=O)CN(c1ccc(Cl)cc1)S(=O)(=O)c1ccc(OC)cc1. The van der Waals surface area contributed by atoms with Crippen molar-refractivity contribution < 1.29 is 22.7 Å². The second-order valence-corrected chi connectivity index (χ2v) is 13.6. The average molecular weight is 683 g/mol. The standard InChI is InChI=1S/C35H37Cl2N3O5S/c1-4-25(2)38-35(42)33(22-26-9-6-5-7-10-26)39(23-27-11-8-12-29(37)21-27)34(41)24-40(30-15-13-28(36)14-16-30)46(43,44)32-19-17-31(45-3)18-20-32/h5-21,25,33H,4,22-24H2,1-3H3,(H,38,42)/t25-,33-/m0/s1. The van der Waals surface area contributed by atoms with Crippen molar-refractivity contribution in [3.63, 3.8) is 0 Å². The zero-order chi connectivity index (χ0) is 33.3. The molecule has 4 aromatic rings. The molecule has 4 rings (SSSR count). The van der Waals surface area contributed by atoms with E-state index in [0.29, 0.717) is 27.8 Å². The van der Waals surface area contributed by atoms with E-state index < -0.39 is 28.5 Å². The van der Waals surface area contributed by atoms with E-state index in [4.69, 9.17) is 27.9 Å². The van der Waals surface area contributed by atoms with E-state index in [1.807, 2.05) is 50.2 Å². The van der Waals surface area contributed by atoms with Crippen LogP contribution in [0.5, 0.6) is 5.75 Å². The highest BCUT2D eigenvalue weighted by atomic mass is 35.5. The maximum atomic E-state index is 14.5. The molecule has 0 aliphatic carbocycles. The predicted octanol–water partition coefficient (Wildman–Crippen LogP) is 6.75. The number of anilines is 1. The minimum Gasteiger partial charge on any atom is -0.497 e. The Bertz CT molecular complexity index is 1720. The van der Waals surface area contributed by atoms with Gasteiger partial charge in [0.2, 0.25) is 11.8 Å². The summed E-state index contributed by atoms with van der Waals surface area (Å²) in [4.78, 5) is 29.8. The van der Waals surface area contributed by atoms with Gasteiger partial charge in [-0.2, -0.15) is 0 Å². The molecule has 4 aromatic carbocycles. The van der Waals surface area contributed by atoms with Gasteiger partial charge in [-0.25, -0.2) is 8.42 Å². The van der Waals surface area contributed by atoms with E-state index in [0.717, 1.165) is 9.87 Å². The number of hydrogen-bond donors (Lipinski definition) is 1. The zero-order valence-electron chi connectivity index (χ0n) is 25.9. The molecule has 0 aromatic heterocycles. The first-order valence-electron chi connectivity index (χ1n) is 14.8. The summed E-state index contributed by atoms with van der Waals surface area (Å²) < 4.78 is 34.5. The number of carbonyl (C=O) groups is 2. The number of nitrogens with one attached hydrogen (secondary N) is 1. The number of carbonyl (C=O) groups excluding carboxylic acids is 2. The average Bonchev–Trinajstić information content (AvgIpc) is 3.06. The third-order valence-corrected chi connectivity index (χ3v) is 9.83. The summed E-state index contributed by atoms with van der Waals surface area (Å²) in [5.74, 6) is -0.436. The van der Waals surface area contributed by atoms with Gasteiger partial charge in [0.15, 0.2) is 0 Å². The van der Waals surface area contributed by atoms with Gasteiger partial charge in [-0.15, -0.1) is 0 Å². The molecule has 2 atom stereocenters. The van der Waals surface area contributed by atoms with Crippen LogP contribution < -0.4 is 14.4 Å². The lowest BCUT2D eigenvalue weighted by Crippen LogP contribution is -2.54. The molecular weight excluding hydrogens is 645 g/mol. The lowest BCUT2D eigenvalue weighted by Gasteiger charge is -2.34. The predicted molar refractivity (Wildman–Crippen MR) is 183 cm³/mol. The van der Waals surface area contributed by atoms with Gasteiger partial charge in [-0.05, 0) is 85.1 Å². The number of nitrogens with zero attached hydrogens (tertiary/aromatic N) is 2. The third kappa shape index (κ3) is 9.02. The maximum absolute atomic E-state index is 14.5. The van der Waals surface area contributed by atoms with E-state index in [1.165, 1.54) is 48.4 Å². The van der Waals surface area contributed by atoms with Gasteiger partial charge >= 0.3 is 0 Å². The van der Waals surface area contributed by atoms with Crippen molar-refractivity contribution in [3.05, 3.63) is 124 Å². The van der Waals surface area contributed by atoms with Crippen LogP contribution in [0, 0.1) is 0 Å². The molecule has 46 heavy (non-hydrogen) atoms. The summed E-state index contributed by atoms with van der Waals surface area (Å²) in [5.41, 5.74) is 1.77. The van der Waals surface area contributed by atoms with Gasteiger partial charge in [-0.1, -0.05) is 72.6 Å². The zero-order valence-corrected chi connectivity index (χ0v) is 28.2. The number of benzene rings is 4. The highest BCUT2D eigenvalue weighted by Gasteiger charge is 2.35. The normalized spacial score (nSPS) is 12.5. The highest BCUT2D eigenvalue weighted by Crippen LogP contribution is 2.27. The molecule has 0 saturated carbocycles. The fraction of sp³-hybridized carbons (Fsp3) is 0.257. The largest absolute Gasteiger partial charge is 0.497 e. The van der Waals surface area contributed by atoms with E-state index in [2.05, 4.69) is 5.32 Å². The summed E-state index contributed by atoms with van der Waals surface area (Å²) in [7, 11) is -2.78. The molecule has 11 heteroatoms. The van der Waals surface area contributed by atoms with Crippen LogP contribution >= 0.6 is 23.2 Å². The van der Waals surface area contributed by atoms with Crippen molar-refractivity contribution in [2.24, 2.45) is 0 Å². The Morgan fingerprint density at radius 3 is 2.11 bits per heavy atom. The third-order valence-electron chi connectivity index (χ3n) is 7.55. The Labute approximate surface area is 280 Å². The Morgan fingerprint density at radius 1 is 0.848 bits per heavy atom. The van der Waals surface area contributed by atoms with Crippen LogP contribution in [0.4, 0.5) is 5.69 Å². The number of hydrogen-bond acceptors (Lipinski definition) is 5. The van der Waals surface area contributed by atoms with Gasteiger partial charge < -0.3 is 15.0 Å². The number of halogens is 2. The molecular formula is C35H37Cl2N3O5S. The van der Waals surface area contributed by atoms with Gasteiger partial charge in [0.1, 0.15) is 18.3 Å². The molecule has 0 aliphatic rings. The molecule has 0 unspecified atom stereocenters. The first kappa shape index (κ1) is 34.8. The van der Waals surface area contributed by atoms with E-state index in [9.17, 15) is 18.0 Å². The number of sulfonamides is 1. The summed E-state index contributed by atoms with van der Waals surface area (Å²) in [5, 5.41) is 3.90. The maximum Gasteiger partial charge on any atom is 0.264 e. The Balaban J connectivity index is 1.80. The Hall–Kier alpha value is -4.05. The van der Waals surface area contributed by atoms with Crippen molar-refractivity contribution in [1.29, 1.82) is 0 Å². The van der Waals surface area contributed by atoms with Crippen LogP contribution in [0.3, 0.4) is 0 Å². The van der Waals surface area contributed by atoms with Crippen LogP contribution in [0.25, 0.3) is 0 Å². The lowest BCUT2D eigenvalue weighted by atomic mass is 10.0. The highest BCUT2D eigenvalue weighted by molar-refractivity contribution is 7.92. The van der Waals surface area contributed by atoms with Crippen molar-refractivity contribution in [1.82, 2.24) is 10.2 Å². The molecule has 0 heterocycles. The van der Waals surface area contributed by atoms with Crippen LogP contribution in [0.1, 0.15) is 31.4 Å². The van der Waals surface area contributed by atoms with Gasteiger partial charge in [0.25, 0.3) is 10.0 Å². The van der Waals surface area contributed by atoms with E-state index in [1.54, 1.807) is 30.3 Å². The summed E-state index contributed by atoms with van der Waals surface area (Å²) in [6.45, 7) is 3.28. The quantitative estimate of drug-likeness (QED) is 0.159. The number of rotatable bonds is 14. The minimum absolute atomic E-state index is 0.0157. The summed E-state index contributed by atoms with van der Waals surface area (Å²) in [6.07, 6.45) is 0.901. The number of ether oxygens (including phenoxy) is 1. The first-order chi connectivity index (χ1) is 22.0. The lowest BCUT2D eigenvalue weighted by molar-refractivity contribution is -0.140. The monoisotopic (exact) mass is 681 g/mol. The van der Waals surface area contributed by atoms with Crippen LogP contribution in [0.2, 0.25) is 10.0 Å². The molecule has 1 N–H and O–H groups in total. The topological polar surface area (TPSA) is 96.0 Å². The Morgan fingerprint density at radius 2 is 1.50 bits per heavy atom. The summed E-state index contributed by atoms with van der Waals surface area (Å²) >= 11 is 12.4. The van der Waals surface area contributed by atoms with Crippen LogP contribution in [-0.4, -0.2) is 50.9 Å². The van der Waals surface area contributed by atoms with E-state index in [-0.39, 0.29) is 35.5 Å².